The molecule has 5 heteroatoms. The second-order valence-corrected chi connectivity index (χ2v) is 2.40. The Balaban J connectivity index is 3.05. The summed E-state index contributed by atoms with van der Waals surface area (Å²) in [5, 5.41) is 2.50. The lowest BCUT2D eigenvalue weighted by Crippen LogP contribution is -2.16. The monoisotopic (exact) mass is 167 g/mol. The first kappa shape index (κ1) is 8.45. The SMILES string of the molecule is CC(=O)Nc1cc(=O)ncn1C. The minimum absolute atomic E-state index is 0.212. The molecule has 12 heavy (non-hydrogen) atoms. The molecule has 1 aromatic rings. The van der Waals surface area contributed by atoms with Crippen molar-refractivity contribution >= 4 is 11.7 Å². The van der Waals surface area contributed by atoms with Crippen molar-refractivity contribution in [2.75, 3.05) is 5.32 Å². The van der Waals surface area contributed by atoms with Crippen molar-refractivity contribution in [2.45, 2.75) is 6.92 Å². The van der Waals surface area contributed by atoms with Gasteiger partial charge in [0.2, 0.25) is 5.91 Å². The van der Waals surface area contributed by atoms with Gasteiger partial charge in [-0.15, -0.1) is 0 Å². The molecule has 0 radical (unpaired) electrons. The zero-order valence-corrected chi connectivity index (χ0v) is 6.87. The average Bonchev–Trinajstić information content (AvgIpc) is 1.96. The third kappa shape index (κ3) is 1.91. The van der Waals surface area contributed by atoms with Gasteiger partial charge in [0.25, 0.3) is 5.56 Å². The number of hydrogen-bond acceptors (Lipinski definition) is 3. The molecule has 0 aromatic carbocycles. The molecule has 64 valence electrons. The van der Waals surface area contributed by atoms with E-state index in [1.807, 2.05) is 0 Å². The van der Waals surface area contributed by atoms with Crippen LogP contribution in [-0.4, -0.2) is 15.5 Å². The van der Waals surface area contributed by atoms with Crippen LogP contribution < -0.4 is 10.9 Å². The Hall–Kier alpha value is -1.65. The molecule has 0 aliphatic heterocycles. The second kappa shape index (κ2) is 3.17. The number of nitrogens with one attached hydrogen (secondary N) is 1. The van der Waals surface area contributed by atoms with Gasteiger partial charge in [0.15, 0.2) is 0 Å². The van der Waals surface area contributed by atoms with E-state index in [1.54, 1.807) is 11.6 Å². The van der Waals surface area contributed by atoms with Gasteiger partial charge in [0.1, 0.15) is 12.1 Å². The van der Waals surface area contributed by atoms with E-state index in [4.69, 9.17) is 0 Å². The van der Waals surface area contributed by atoms with Crippen molar-refractivity contribution in [3.63, 3.8) is 0 Å². The van der Waals surface area contributed by atoms with Gasteiger partial charge in [-0.3, -0.25) is 9.59 Å². The zero-order chi connectivity index (χ0) is 9.14. The summed E-state index contributed by atoms with van der Waals surface area (Å²) in [5.74, 6) is 0.235. The van der Waals surface area contributed by atoms with Crippen LogP contribution in [0.1, 0.15) is 6.92 Å². The van der Waals surface area contributed by atoms with E-state index >= 15 is 0 Å². The minimum Gasteiger partial charge on any atom is -0.321 e. The average molecular weight is 167 g/mol. The number of carbonyl (C=O) groups is 1. The van der Waals surface area contributed by atoms with Gasteiger partial charge in [-0.1, -0.05) is 0 Å². The molecule has 1 rings (SSSR count). The molecule has 0 unspecified atom stereocenters. The first-order chi connectivity index (χ1) is 5.59. The molecule has 0 saturated heterocycles. The van der Waals surface area contributed by atoms with Gasteiger partial charge in [-0.2, -0.15) is 4.98 Å². The summed E-state index contributed by atoms with van der Waals surface area (Å²) in [6.07, 6.45) is 1.35. The number of nitrogens with zero attached hydrogens (tertiary/aromatic N) is 2. The highest BCUT2D eigenvalue weighted by Crippen LogP contribution is 1.98. The summed E-state index contributed by atoms with van der Waals surface area (Å²) in [4.78, 5) is 24.9. The number of carbonyl (C=O) groups excluding carboxylic acids is 1. The van der Waals surface area contributed by atoms with Crippen molar-refractivity contribution in [3.8, 4) is 0 Å². The van der Waals surface area contributed by atoms with E-state index < -0.39 is 0 Å². The highest BCUT2D eigenvalue weighted by atomic mass is 16.1. The van der Waals surface area contributed by atoms with Crippen LogP contribution in [0.2, 0.25) is 0 Å². The largest absolute Gasteiger partial charge is 0.321 e. The highest BCUT2D eigenvalue weighted by molar-refractivity contribution is 5.87. The minimum atomic E-state index is -0.364. The molecule has 5 nitrogen and oxygen atoms in total. The maximum Gasteiger partial charge on any atom is 0.274 e. The van der Waals surface area contributed by atoms with E-state index in [9.17, 15) is 9.59 Å². The van der Waals surface area contributed by atoms with E-state index in [2.05, 4.69) is 10.3 Å². The van der Waals surface area contributed by atoms with Crippen LogP contribution in [0.5, 0.6) is 0 Å². The molecular weight excluding hydrogens is 158 g/mol. The lowest BCUT2D eigenvalue weighted by molar-refractivity contribution is -0.114. The number of anilines is 1. The number of aromatic nitrogens is 2. The molecule has 0 atom stereocenters. The van der Waals surface area contributed by atoms with Crippen molar-refractivity contribution in [1.29, 1.82) is 0 Å². The smallest absolute Gasteiger partial charge is 0.274 e. The summed E-state index contributed by atoms with van der Waals surface area (Å²) in [5.41, 5.74) is -0.364. The molecule has 0 saturated carbocycles. The fourth-order valence-corrected chi connectivity index (χ4v) is 0.766. The molecule has 0 bridgehead atoms. The molecule has 1 heterocycles. The number of aryl methyl sites for hydroxylation is 1. The van der Waals surface area contributed by atoms with Crippen molar-refractivity contribution in [2.24, 2.45) is 7.05 Å². The van der Waals surface area contributed by atoms with Gasteiger partial charge in [-0.05, 0) is 0 Å². The van der Waals surface area contributed by atoms with Crippen LogP contribution in [0.4, 0.5) is 5.82 Å². The zero-order valence-electron chi connectivity index (χ0n) is 6.87. The van der Waals surface area contributed by atoms with E-state index in [1.165, 1.54) is 19.3 Å². The number of rotatable bonds is 1. The Bertz CT molecular complexity index is 356. The van der Waals surface area contributed by atoms with Gasteiger partial charge >= 0.3 is 0 Å². The predicted molar refractivity (Wildman–Crippen MR) is 43.8 cm³/mol. The van der Waals surface area contributed by atoms with Crippen LogP contribution in [0.15, 0.2) is 17.2 Å². The summed E-state index contributed by atoms with van der Waals surface area (Å²) in [6, 6.07) is 1.27. The Kier molecular flexibility index (Phi) is 2.23. The maximum atomic E-state index is 10.7. The molecule has 1 N–H and O–H groups in total. The predicted octanol–water partition coefficient (Wildman–Crippen LogP) is -0.261. The highest BCUT2D eigenvalue weighted by Gasteiger charge is 1.98. The van der Waals surface area contributed by atoms with E-state index in [0.29, 0.717) is 5.82 Å². The number of hydrogen-bond donors (Lipinski definition) is 1. The first-order valence-corrected chi connectivity index (χ1v) is 3.40. The third-order valence-electron chi connectivity index (χ3n) is 1.30. The van der Waals surface area contributed by atoms with Gasteiger partial charge in [0.05, 0.1) is 0 Å². The van der Waals surface area contributed by atoms with Crippen LogP contribution in [0, 0.1) is 0 Å². The van der Waals surface area contributed by atoms with Crippen LogP contribution >= 0.6 is 0 Å². The quantitative estimate of drug-likeness (QED) is 0.626. The molecule has 1 amide bonds. The Labute approximate surface area is 69.0 Å². The van der Waals surface area contributed by atoms with Crippen LogP contribution in [-0.2, 0) is 11.8 Å². The van der Waals surface area contributed by atoms with Crippen LogP contribution in [0.25, 0.3) is 0 Å². The fourth-order valence-electron chi connectivity index (χ4n) is 0.766. The third-order valence-corrected chi connectivity index (χ3v) is 1.30. The molecule has 0 aliphatic carbocycles. The van der Waals surface area contributed by atoms with Crippen molar-refractivity contribution < 1.29 is 4.79 Å². The standard InChI is InChI=1S/C7H9N3O2/c1-5(11)9-6-3-7(12)8-4-10(6)2/h3-4H,1-2H3,(H,9,11). The normalized spacial score (nSPS) is 9.50. The second-order valence-electron chi connectivity index (χ2n) is 2.40. The Morgan fingerprint density at radius 1 is 1.67 bits per heavy atom. The van der Waals surface area contributed by atoms with E-state index in [0.717, 1.165) is 0 Å². The molecule has 1 aromatic heterocycles. The van der Waals surface area contributed by atoms with Crippen LogP contribution in [0.3, 0.4) is 0 Å². The topological polar surface area (TPSA) is 64.0 Å². The van der Waals surface area contributed by atoms with E-state index in [-0.39, 0.29) is 11.5 Å². The molecular formula is C7H9N3O2. The summed E-state index contributed by atoms with van der Waals surface area (Å²) < 4.78 is 1.56. The summed E-state index contributed by atoms with van der Waals surface area (Å²) in [7, 11) is 1.69. The molecule has 0 fully saturated rings. The van der Waals surface area contributed by atoms with Crippen molar-refractivity contribution in [3.05, 3.63) is 22.7 Å². The number of amides is 1. The van der Waals surface area contributed by atoms with Gasteiger partial charge in [-0.25, -0.2) is 0 Å². The van der Waals surface area contributed by atoms with Crippen molar-refractivity contribution in [1.82, 2.24) is 9.55 Å². The summed E-state index contributed by atoms with van der Waals surface area (Å²) in [6.45, 7) is 1.38. The van der Waals surface area contributed by atoms with Gasteiger partial charge < -0.3 is 9.88 Å². The molecule has 0 spiro atoms. The molecule has 0 aliphatic rings. The Morgan fingerprint density at radius 2 is 2.33 bits per heavy atom. The van der Waals surface area contributed by atoms with Gasteiger partial charge in [0, 0.05) is 20.0 Å². The fraction of sp³-hybridized carbons (Fsp3) is 0.286. The lowest BCUT2D eigenvalue weighted by Gasteiger charge is -2.05. The maximum absolute atomic E-state index is 10.7. The lowest BCUT2D eigenvalue weighted by atomic mass is 10.5. The summed E-state index contributed by atoms with van der Waals surface area (Å²) >= 11 is 0. The Morgan fingerprint density at radius 3 is 2.92 bits per heavy atom. The first-order valence-electron chi connectivity index (χ1n) is 3.40.